The molecule has 212 valence electrons. The third-order valence-electron chi connectivity index (χ3n) is 7.67. The highest BCUT2D eigenvalue weighted by Gasteiger charge is 2.25. The summed E-state index contributed by atoms with van der Waals surface area (Å²) in [4.78, 5) is 35.1. The molecule has 2 heterocycles. The predicted molar refractivity (Wildman–Crippen MR) is 166 cm³/mol. The number of piperazine rings is 1. The van der Waals surface area contributed by atoms with Gasteiger partial charge in [-0.3, -0.25) is 9.59 Å². The molecule has 0 bridgehead atoms. The molecule has 3 aromatic carbocycles. The fraction of sp³-hybridized carbons (Fsp3) is 0.324. The van der Waals surface area contributed by atoms with E-state index in [1.165, 1.54) is 5.56 Å². The van der Waals surface area contributed by atoms with Gasteiger partial charge in [-0.05, 0) is 53.8 Å². The molecule has 2 aliphatic rings. The average molecular weight is 550 g/mol. The highest BCUT2D eigenvalue weighted by molar-refractivity contribution is 6.05. The van der Waals surface area contributed by atoms with Crippen molar-refractivity contribution < 1.29 is 9.59 Å². The minimum atomic E-state index is 0.0311. The number of benzene rings is 3. The van der Waals surface area contributed by atoms with Gasteiger partial charge in [0.2, 0.25) is 5.91 Å². The van der Waals surface area contributed by atoms with Gasteiger partial charge in [0.25, 0.3) is 5.91 Å². The van der Waals surface area contributed by atoms with E-state index in [0.717, 1.165) is 54.9 Å². The van der Waals surface area contributed by atoms with Gasteiger partial charge in [0.1, 0.15) is 5.84 Å². The smallest absolute Gasteiger partial charge is 0.253 e. The number of rotatable bonds is 8. The lowest BCUT2D eigenvalue weighted by Gasteiger charge is -2.34. The van der Waals surface area contributed by atoms with Crippen LogP contribution < -0.4 is 11.1 Å². The van der Waals surface area contributed by atoms with E-state index in [0.29, 0.717) is 36.5 Å². The van der Waals surface area contributed by atoms with Crippen molar-refractivity contribution in [2.24, 2.45) is 10.7 Å². The number of amides is 2. The number of aliphatic imine (C=N–C) groups is 1. The van der Waals surface area contributed by atoms with Crippen molar-refractivity contribution in [2.45, 2.75) is 39.2 Å². The Labute approximate surface area is 242 Å². The molecule has 0 radical (unpaired) electrons. The molecular formula is C34H39N5O2. The topological polar surface area (TPSA) is 91.0 Å². The van der Waals surface area contributed by atoms with Gasteiger partial charge >= 0.3 is 0 Å². The number of amidine groups is 1. The van der Waals surface area contributed by atoms with Crippen LogP contribution in [0.25, 0.3) is 17.2 Å². The first-order chi connectivity index (χ1) is 20.0. The molecule has 1 fully saturated rings. The molecule has 0 saturated carbocycles. The van der Waals surface area contributed by atoms with E-state index in [-0.39, 0.29) is 17.9 Å². The Morgan fingerprint density at radius 2 is 1.68 bits per heavy atom. The van der Waals surface area contributed by atoms with Gasteiger partial charge in [-0.1, -0.05) is 68.4 Å². The largest absolute Gasteiger partial charge is 0.387 e. The lowest BCUT2D eigenvalue weighted by Crippen LogP contribution is -2.48. The molecule has 7 nitrogen and oxygen atoms in total. The summed E-state index contributed by atoms with van der Waals surface area (Å²) in [5.41, 5.74) is 12.4. The first kappa shape index (κ1) is 28.3. The van der Waals surface area contributed by atoms with E-state index in [9.17, 15) is 9.59 Å². The van der Waals surface area contributed by atoms with Crippen molar-refractivity contribution >= 4 is 29.4 Å². The van der Waals surface area contributed by atoms with Gasteiger partial charge in [0, 0.05) is 61.9 Å². The Balaban J connectivity index is 1.33. The third kappa shape index (κ3) is 6.57. The first-order valence-electron chi connectivity index (χ1n) is 14.6. The Bertz CT molecular complexity index is 1440. The molecule has 2 amide bonds. The van der Waals surface area contributed by atoms with Gasteiger partial charge in [0.05, 0.1) is 5.69 Å². The standard InChI is InChI=1S/C34H39N5O2/c1-3-17-38(18-4-2)34(41)29-20-28-15-14-27(21-30(28)37-32(35)22-29)24-10-12-26(13-11-24)33(40)39-19-16-36-31(23-39)25-8-6-5-7-9-25/h5-15,20-21,31,36H,3-4,16-19,22-23H2,1-2H3,(H2,35,37)/t31-/m0/s1. The number of carbonyl (C=O) groups is 2. The SMILES string of the molecule is CCCN(CCC)C(=O)C1=Cc2ccc(-c3ccc(C(=O)N4CCN[C@H](c5ccccc5)C4)cc3)cc2N=C(N)C1. The normalized spacial score (nSPS) is 16.7. The van der Waals surface area contributed by atoms with Gasteiger partial charge < -0.3 is 20.9 Å². The summed E-state index contributed by atoms with van der Waals surface area (Å²) >= 11 is 0. The molecule has 0 spiro atoms. The monoisotopic (exact) mass is 549 g/mol. The van der Waals surface area contributed by atoms with E-state index < -0.39 is 0 Å². The maximum atomic E-state index is 13.3. The van der Waals surface area contributed by atoms with Crippen molar-refractivity contribution in [3.63, 3.8) is 0 Å². The lowest BCUT2D eigenvalue weighted by molar-refractivity contribution is -0.127. The van der Waals surface area contributed by atoms with Crippen LogP contribution in [0.4, 0.5) is 5.69 Å². The Morgan fingerprint density at radius 3 is 2.39 bits per heavy atom. The molecular weight excluding hydrogens is 510 g/mol. The molecule has 3 N–H and O–H groups in total. The summed E-state index contributed by atoms with van der Waals surface area (Å²) in [5.74, 6) is 0.503. The Hall–Kier alpha value is -4.23. The molecule has 1 atom stereocenters. The number of carbonyl (C=O) groups excluding carboxylic acids is 2. The fourth-order valence-electron chi connectivity index (χ4n) is 5.60. The average Bonchev–Trinajstić information content (AvgIpc) is 3.18. The van der Waals surface area contributed by atoms with Crippen LogP contribution in [0.1, 0.15) is 60.6 Å². The molecule has 1 saturated heterocycles. The second-order valence-electron chi connectivity index (χ2n) is 10.8. The highest BCUT2D eigenvalue weighted by Crippen LogP contribution is 2.32. The number of nitrogens with zero attached hydrogens (tertiary/aromatic N) is 3. The molecule has 0 aliphatic carbocycles. The molecule has 5 rings (SSSR count). The molecule has 3 aromatic rings. The van der Waals surface area contributed by atoms with Gasteiger partial charge in [-0.2, -0.15) is 0 Å². The van der Waals surface area contributed by atoms with Crippen LogP contribution in [-0.4, -0.2) is 60.2 Å². The van der Waals surface area contributed by atoms with Crippen LogP contribution in [0.2, 0.25) is 0 Å². The zero-order valence-electron chi connectivity index (χ0n) is 24.0. The molecule has 0 aromatic heterocycles. The van der Waals surface area contributed by atoms with Gasteiger partial charge in [-0.25, -0.2) is 4.99 Å². The van der Waals surface area contributed by atoms with Gasteiger partial charge in [0.15, 0.2) is 0 Å². The minimum absolute atomic E-state index is 0.0311. The van der Waals surface area contributed by atoms with E-state index in [2.05, 4.69) is 36.3 Å². The Morgan fingerprint density at radius 1 is 0.976 bits per heavy atom. The van der Waals surface area contributed by atoms with Crippen molar-refractivity contribution in [3.8, 4) is 11.1 Å². The molecule has 41 heavy (non-hydrogen) atoms. The lowest BCUT2D eigenvalue weighted by atomic mass is 9.99. The Kier molecular flexibility index (Phi) is 8.95. The van der Waals surface area contributed by atoms with Crippen LogP contribution in [0.5, 0.6) is 0 Å². The van der Waals surface area contributed by atoms with Crippen LogP contribution in [-0.2, 0) is 4.79 Å². The van der Waals surface area contributed by atoms with Crippen LogP contribution in [0.15, 0.2) is 83.4 Å². The number of nitrogens with one attached hydrogen (secondary N) is 1. The maximum absolute atomic E-state index is 13.3. The number of fused-ring (bicyclic) bond motifs is 1. The van der Waals surface area contributed by atoms with Gasteiger partial charge in [-0.15, -0.1) is 0 Å². The minimum Gasteiger partial charge on any atom is -0.387 e. The van der Waals surface area contributed by atoms with Crippen LogP contribution in [0.3, 0.4) is 0 Å². The van der Waals surface area contributed by atoms with Crippen LogP contribution in [0, 0.1) is 0 Å². The number of hydrogen-bond acceptors (Lipinski definition) is 5. The second kappa shape index (κ2) is 13.0. The zero-order valence-corrected chi connectivity index (χ0v) is 24.0. The fourth-order valence-corrected chi connectivity index (χ4v) is 5.60. The van der Waals surface area contributed by atoms with E-state index >= 15 is 0 Å². The summed E-state index contributed by atoms with van der Waals surface area (Å²) in [6, 6.07) is 24.2. The molecule has 0 unspecified atom stereocenters. The summed E-state index contributed by atoms with van der Waals surface area (Å²) in [7, 11) is 0. The first-order valence-corrected chi connectivity index (χ1v) is 14.6. The zero-order chi connectivity index (χ0) is 28.8. The van der Waals surface area contributed by atoms with Crippen molar-refractivity contribution in [1.29, 1.82) is 0 Å². The number of nitrogens with two attached hydrogens (primary N) is 1. The van der Waals surface area contributed by atoms with Crippen LogP contribution >= 0.6 is 0 Å². The highest BCUT2D eigenvalue weighted by atomic mass is 16.2. The van der Waals surface area contributed by atoms with Crippen molar-refractivity contribution in [2.75, 3.05) is 32.7 Å². The van der Waals surface area contributed by atoms with Crippen molar-refractivity contribution in [1.82, 2.24) is 15.1 Å². The van der Waals surface area contributed by atoms with E-state index in [4.69, 9.17) is 5.73 Å². The summed E-state index contributed by atoms with van der Waals surface area (Å²) in [6.45, 7) is 7.71. The summed E-state index contributed by atoms with van der Waals surface area (Å²) < 4.78 is 0. The van der Waals surface area contributed by atoms with E-state index in [1.54, 1.807) is 0 Å². The number of hydrogen-bond donors (Lipinski definition) is 2. The van der Waals surface area contributed by atoms with E-state index in [1.807, 2.05) is 76.5 Å². The predicted octanol–water partition coefficient (Wildman–Crippen LogP) is 5.56. The van der Waals surface area contributed by atoms with Crippen molar-refractivity contribution in [3.05, 3.63) is 95.1 Å². The molecule has 2 aliphatic heterocycles. The quantitative estimate of drug-likeness (QED) is 0.385. The summed E-state index contributed by atoms with van der Waals surface area (Å²) in [5, 5.41) is 3.52. The second-order valence-corrected chi connectivity index (χ2v) is 10.8. The maximum Gasteiger partial charge on any atom is 0.253 e. The molecule has 7 heteroatoms. The summed E-state index contributed by atoms with van der Waals surface area (Å²) in [6.07, 6.45) is 4.09. The third-order valence-corrected chi connectivity index (χ3v) is 7.67.